The van der Waals surface area contributed by atoms with E-state index < -0.39 is 0 Å². The Balaban J connectivity index is 2.59. The zero-order valence-electron chi connectivity index (χ0n) is 8.83. The smallest absolute Gasteiger partial charge is 0.310 e. The summed E-state index contributed by atoms with van der Waals surface area (Å²) in [5, 5.41) is 0. The standard InChI is InChI=1S/C11H18O2/c1-5-7-8-9(11(8,3)4)10(12)13-6-2/h5,7-9H,6H2,1-4H3/b7-5+. The summed E-state index contributed by atoms with van der Waals surface area (Å²) in [7, 11) is 0. The van der Waals surface area contributed by atoms with Gasteiger partial charge in [-0.25, -0.2) is 0 Å². The normalized spacial score (nSPS) is 30.5. The van der Waals surface area contributed by atoms with E-state index in [0.29, 0.717) is 12.5 Å². The summed E-state index contributed by atoms with van der Waals surface area (Å²) >= 11 is 0. The molecule has 2 unspecified atom stereocenters. The number of rotatable bonds is 3. The number of carbonyl (C=O) groups excluding carboxylic acids is 1. The van der Waals surface area contributed by atoms with Crippen LogP contribution < -0.4 is 0 Å². The topological polar surface area (TPSA) is 26.3 Å². The molecule has 1 saturated carbocycles. The first-order valence-corrected chi connectivity index (χ1v) is 4.85. The Hall–Kier alpha value is -0.790. The third kappa shape index (κ3) is 1.77. The lowest BCUT2D eigenvalue weighted by atomic mass is 10.1. The fourth-order valence-electron chi connectivity index (χ4n) is 1.93. The second kappa shape index (κ2) is 3.52. The molecule has 0 N–H and O–H groups in total. The van der Waals surface area contributed by atoms with Crippen LogP contribution in [0.3, 0.4) is 0 Å². The lowest BCUT2D eigenvalue weighted by molar-refractivity contribution is -0.145. The van der Waals surface area contributed by atoms with Gasteiger partial charge in [0, 0.05) is 0 Å². The average Bonchev–Trinajstić information content (AvgIpc) is 2.55. The molecular weight excluding hydrogens is 164 g/mol. The molecule has 0 amide bonds. The van der Waals surface area contributed by atoms with Gasteiger partial charge < -0.3 is 4.74 Å². The predicted molar refractivity (Wildman–Crippen MR) is 52.2 cm³/mol. The summed E-state index contributed by atoms with van der Waals surface area (Å²) in [6, 6.07) is 0. The molecule has 0 spiro atoms. The molecule has 1 rings (SSSR count). The molecule has 13 heavy (non-hydrogen) atoms. The van der Waals surface area contributed by atoms with Crippen LogP contribution in [-0.4, -0.2) is 12.6 Å². The van der Waals surface area contributed by atoms with E-state index in [-0.39, 0.29) is 17.3 Å². The number of hydrogen-bond donors (Lipinski definition) is 0. The van der Waals surface area contributed by atoms with Gasteiger partial charge >= 0.3 is 5.97 Å². The first kappa shape index (κ1) is 10.3. The Labute approximate surface area is 80.0 Å². The second-order valence-electron chi connectivity index (χ2n) is 4.10. The highest BCUT2D eigenvalue weighted by molar-refractivity contribution is 5.78. The molecule has 1 fully saturated rings. The molecule has 0 aromatic rings. The first-order chi connectivity index (χ1) is 6.05. The maximum absolute atomic E-state index is 11.5. The van der Waals surface area contributed by atoms with E-state index in [1.807, 2.05) is 19.9 Å². The van der Waals surface area contributed by atoms with E-state index in [4.69, 9.17) is 4.74 Å². The van der Waals surface area contributed by atoms with Gasteiger partial charge in [-0.05, 0) is 25.2 Å². The quantitative estimate of drug-likeness (QED) is 0.495. The summed E-state index contributed by atoms with van der Waals surface area (Å²) in [5.74, 6) is 0.399. The van der Waals surface area contributed by atoms with Gasteiger partial charge in [-0.2, -0.15) is 0 Å². The molecular formula is C11H18O2. The third-order valence-corrected chi connectivity index (χ3v) is 2.85. The molecule has 1 aliphatic rings. The second-order valence-corrected chi connectivity index (χ2v) is 4.10. The fourth-order valence-corrected chi connectivity index (χ4v) is 1.93. The number of esters is 1. The van der Waals surface area contributed by atoms with Gasteiger partial charge in [0.05, 0.1) is 12.5 Å². The van der Waals surface area contributed by atoms with Crippen LogP contribution in [0.1, 0.15) is 27.7 Å². The largest absolute Gasteiger partial charge is 0.466 e. The number of ether oxygens (including phenoxy) is 1. The maximum atomic E-state index is 11.5. The van der Waals surface area contributed by atoms with Crippen LogP contribution in [0.25, 0.3) is 0 Å². The molecule has 74 valence electrons. The van der Waals surface area contributed by atoms with E-state index in [0.717, 1.165) is 0 Å². The van der Waals surface area contributed by atoms with Gasteiger partial charge in [0.25, 0.3) is 0 Å². The summed E-state index contributed by atoms with van der Waals surface area (Å²) in [6.45, 7) is 8.53. The van der Waals surface area contributed by atoms with Gasteiger partial charge in [-0.1, -0.05) is 26.0 Å². The van der Waals surface area contributed by atoms with Crippen LogP contribution in [0.15, 0.2) is 12.2 Å². The van der Waals surface area contributed by atoms with Crippen molar-refractivity contribution in [2.75, 3.05) is 6.61 Å². The van der Waals surface area contributed by atoms with E-state index in [1.165, 1.54) is 0 Å². The molecule has 2 nitrogen and oxygen atoms in total. The Morgan fingerprint density at radius 3 is 2.62 bits per heavy atom. The summed E-state index contributed by atoms with van der Waals surface area (Å²) in [4.78, 5) is 11.5. The van der Waals surface area contributed by atoms with Crippen LogP contribution in [0.5, 0.6) is 0 Å². The summed E-state index contributed by atoms with van der Waals surface area (Å²) in [5.41, 5.74) is 0.0960. The highest BCUT2D eigenvalue weighted by Gasteiger charge is 2.61. The number of allylic oxidation sites excluding steroid dienone is 2. The maximum Gasteiger partial charge on any atom is 0.310 e. The molecule has 0 saturated heterocycles. The highest BCUT2D eigenvalue weighted by Crippen LogP contribution is 2.59. The minimum absolute atomic E-state index is 0.0457. The van der Waals surface area contributed by atoms with E-state index in [9.17, 15) is 4.79 Å². The molecule has 0 aromatic heterocycles. The van der Waals surface area contributed by atoms with Crippen molar-refractivity contribution >= 4 is 5.97 Å². The number of hydrogen-bond acceptors (Lipinski definition) is 2. The molecule has 2 atom stereocenters. The molecule has 0 heterocycles. The van der Waals surface area contributed by atoms with Crippen LogP contribution in [0.4, 0.5) is 0 Å². The Morgan fingerprint density at radius 1 is 1.54 bits per heavy atom. The molecule has 2 heteroatoms. The van der Waals surface area contributed by atoms with Gasteiger partial charge in [0.2, 0.25) is 0 Å². The number of carbonyl (C=O) groups is 1. The van der Waals surface area contributed by atoms with Gasteiger partial charge in [-0.15, -0.1) is 0 Å². The lowest BCUT2D eigenvalue weighted by Crippen LogP contribution is -2.10. The van der Waals surface area contributed by atoms with Crippen LogP contribution in [0, 0.1) is 17.3 Å². The van der Waals surface area contributed by atoms with Crippen LogP contribution in [-0.2, 0) is 9.53 Å². The fraction of sp³-hybridized carbons (Fsp3) is 0.727. The van der Waals surface area contributed by atoms with Crippen molar-refractivity contribution < 1.29 is 9.53 Å². The van der Waals surface area contributed by atoms with Crippen LogP contribution in [0.2, 0.25) is 0 Å². The van der Waals surface area contributed by atoms with Crippen molar-refractivity contribution in [1.29, 1.82) is 0 Å². The van der Waals surface area contributed by atoms with E-state index in [2.05, 4.69) is 19.9 Å². The minimum Gasteiger partial charge on any atom is -0.466 e. The summed E-state index contributed by atoms with van der Waals surface area (Å²) in [6.07, 6.45) is 4.10. The van der Waals surface area contributed by atoms with Crippen LogP contribution >= 0.6 is 0 Å². The van der Waals surface area contributed by atoms with Gasteiger partial charge in [0.1, 0.15) is 0 Å². The monoisotopic (exact) mass is 182 g/mol. The third-order valence-electron chi connectivity index (χ3n) is 2.85. The minimum atomic E-state index is -0.0457. The average molecular weight is 182 g/mol. The van der Waals surface area contributed by atoms with E-state index in [1.54, 1.807) is 0 Å². The molecule has 1 aliphatic carbocycles. The Kier molecular flexibility index (Phi) is 2.79. The van der Waals surface area contributed by atoms with Crippen molar-refractivity contribution in [3.05, 3.63) is 12.2 Å². The zero-order valence-corrected chi connectivity index (χ0v) is 8.83. The van der Waals surface area contributed by atoms with Crippen molar-refractivity contribution in [2.45, 2.75) is 27.7 Å². The van der Waals surface area contributed by atoms with Crippen molar-refractivity contribution in [3.63, 3.8) is 0 Å². The van der Waals surface area contributed by atoms with Gasteiger partial charge in [-0.3, -0.25) is 4.79 Å². The Bertz CT molecular complexity index is 228. The molecule has 0 bridgehead atoms. The van der Waals surface area contributed by atoms with Crippen molar-refractivity contribution in [1.82, 2.24) is 0 Å². The summed E-state index contributed by atoms with van der Waals surface area (Å²) < 4.78 is 5.01. The van der Waals surface area contributed by atoms with E-state index >= 15 is 0 Å². The van der Waals surface area contributed by atoms with Crippen molar-refractivity contribution in [2.24, 2.45) is 17.3 Å². The zero-order chi connectivity index (χ0) is 10.1. The Morgan fingerprint density at radius 2 is 2.15 bits per heavy atom. The molecule has 0 aliphatic heterocycles. The molecule has 0 aromatic carbocycles. The highest BCUT2D eigenvalue weighted by atomic mass is 16.5. The first-order valence-electron chi connectivity index (χ1n) is 4.85. The predicted octanol–water partition coefficient (Wildman–Crippen LogP) is 2.40. The van der Waals surface area contributed by atoms with Gasteiger partial charge in [0.15, 0.2) is 0 Å². The SMILES string of the molecule is C/C=C/C1C(C(=O)OCC)C1(C)C. The molecule has 0 radical (unpaired) electrons. The lowest BCUT2D eigenvalue weighted by Gasteiger charge is -2.01. The van der Waals surface area contributed by atoms with Crippen molar-refractivity contribution in [3.8, 4) is 0 Å².